The number of rotatable bonds is 5. The topological polar surface area (TPSA) is 51.0 Å². The van der Waals surface area contributed by atoms with Crippen molar-refractivity contribution in [2.75, 3.05) is 12.8 Å². The molecule has 0 saturated heterocycles. The van der Waals surface area contributed by atoms with Crippen LogP contribution in [0.5, 0.6) is 0 Å². The Bertz CT molecular complexity index is 323. The van der Waals surface area contributed by atoms with Crippen LogP contribution in [0.2, 0.25) is 0 Å². The Balaban J connectivity index is 1.82. The molecule has 1 aromatic heterocycles. The molecule has 1 fully saturated rings. The van der Waals surface area contributed by atoms with E-state index in [0.717, 1.165) is 11.7 Å². The zero-order chi connectivity index (χ0) is 11.4. The quantitative estimate of drug-likeness (QED) is 0.801. The summed E-state index contributed by atoms with van der Waals surface area (Å²) in [5.41, 5.74) is 0. The maximum absolute atomic E-state index is 5.35. The van der Waals surface area contributed by atoms with Crippen LogP contribution in [0, 0.1) is 12.8 Å². The first-order chi connectivity index (χ1) is 7.79. The van der Waals surface area contributed by atoms with E-state index in [1.165, 1.54) is 25.7 Å². The van der Waals surface area contributed by atoms with Crippen molar-refractivity contribution in [1.82, 2.24) is 15.5 Å². The van der Waals surface area contributed by atoms with E-state index >= 15 is 0 Å². The third kappa shape index (κ3) is 2.98. The normalized spacial score (nSPS) is 19.1. The van der Waals surface area contributed by atoms with E-state index in [-0.39, 0.29) is 0 Å². The highest BCUT2D eigenvalue weighted by molar-refractivity contribution is 7.99. The van der Waals surface area contributed by atoms with E-state index in [9.17, 15) is 0 Å². The summed E-state index contributed by atoms with van der Waals surface area (Å²) in [6, 6.07) is 0.569. The van der Waals surface area contributed by atoms with E-state index in [1.807, 2.05) is 14.0 Å². The molecule has 5 heteroatoms. The Morgan fingerprint density at radius 3 is 2.75 bits per heavy atom. The third-order valence-electron chi connectivity index (χ3n) is 3.23. The largest absolute Gasteiger partial charge is 0.416 e. The molecule has 0 aliphatic heterocycles. The molecule has 1 unspecified atom stereocenters. The third-order valence-corrected chi connectivity index (χ3v) is 4.17. The fourth-order valence-electron chi connectivity index (χ4n) is 2.31. The van der Waals surface area contributed by atoms with Crippen LogP contribution < -0.4 is 5.32 Å². The number of thioether (sulfide) groups is 1. The van der Waals surface area contributed by atoms with E-state index in [0.29, 0.717) is 17.2 Å². The van der Waals surface area contributed by atoms with Gasteiger partial charge in [0.25, 0.3) is 5.22 Å². The van der Waals surface area contributed by atoms with E-state index in [4.69, 9.17) is 4.42 Å². The summed E-state index contributed by atoms with van der Waals surface area (Å²) >= 11 is 1.66. The van der Waals surface area contributed by atoms with Crippen molar-refractivity contribution in [1.29, 1.82) is 0 Å². The lowest BCUT2D eigenvalue weighted by Crippen LogP contribution is -2.34. The summed E-state index contributed by atoms with van der Waals surface area (Å²) in [6.45, 7) is 1.82. The zero-order valence-corrected chi connectivity index (χ0v) is 10.7. The number of aromatic nitrogens is 2. The van der Waals surface area contributed by atoms with Crippen molar-refractivity contribution in [3.05, 3.63) is 5.89 Å². The molecule has 0 spiro atoms. The molecule has 1 heterocycles. The lowest BCUT2D eigenvalue weighted by molar-refractivity contribution is 0.404. The number of nitrogens with one attached hydrogen (secondary N) is 1. The molecular weight excluding hydrogens is 222 g/mol. The lowest BCUT2D eigenvalue weighted by atomic mass is 10.0. The number of nitrogens with zero attached hydrogens (tertiary/aromatic N) is 2. The van der Waals surface area contributed by atoms with Crippen LogP contribution in [-0.4, -0.2) is 29.0 Å². The van der Waals surface area contributed by atoms with Gasteiger partial charge in [-0.25, -0.2) is 0 Å². The molecule has 16 heavy (non-hydrogen) atoms. The van der Waals surface area contributed by atoms with Crippen molar-refractivity contribution < 1.29 is 4.42 Å². The van der Waals surface area contributed by atoms with Gasteiger partial charge in [0.2, 0.25) is 5.89 Å². The molecule has 2 rings (SSSR count). The van der Waals surface area contributed by atoms with Crippen LogP contribution in [0.15, 0.2) is 9.64 Å². The molecule has 1 aliphatic carbocycles. The minimum absolute atomic E-state index is 0.569. The first-order valence-electron chi connectivity index (χ1n) is 5.90. The summed E-state index contributed by atoms with van der Waals surface area (Å²) in [5, 5.41) is 11.9. The molecule has 1 saturated carbocycles. The van der Waals surface area contributed by atoms with E-state index < -0.39 is 0 Å². The molecule has 1 aliphatic rings. The van der Waals surface area contributed by atoms with Gasteiger partial charge in [-0.2, -0.15) is 0 Å². The van der Waals surface area contributed by atoms with Gasteiger partial charge in [-0.3, -0.25) is 0 Å². The number of aryl methyl sites for hydroxylation is 1. The molecular formula is C11H19N3OS. The standard InChI is InChI=1S/C11H19N3OS/c1-8-13-14-11(15-8)16-7-10(12-2)9-5-3-4-6-9/h9-10,12H,3-7H2,1-2H3. The average molecular weight is 241 g/mol. The molecule has 1 aromatic rings. The van der Waals surface area contributed by atoms with Gasteiger partial charge in [-0.1, -0.05) is 24.6 Å². The second-order valence-corrected chi connectivity index (χ2v) is 5.31. The summed E-state index contributed by atoms with van der Waals surface area (Å²) in [4.78, 5) is 0. The Kier molecular flexibility index (Phi) is 4.23. The van der Waals surface area contributed by atoms with Gasteiger partial charge < -0.3 is 9.73 Å². The van der Waals surface area contributed by atoms with Crippen LogP contribution >= 0.6 is 11.8 Å². The van der Waals surface area contributed by atoms with Crippen LogP contribution in [0.25, 0.3) is 0 Å². The second kappa shape index (κ2) is 5.68. The van der Waals surface area contributed by atoms with Crippen LogP contribution in [-0.2, 0) is 0 Å². The molecule has 0 bridgehead atoms. The molecule has 1 N–H and O–H groups in total. The van der Waals surface area contributed by atoms with Gasteiger partial charge in [0.1, 0.15) is 0 Å². The Hall–Kier alpha value is -0.550. The molecule has 4 nitrogen and oxygen atoms in total. The smallest absolute Gasteiger partial charge is 0.276 e. The van der Waals surface area contributed by atoms with Gasteiger partial charge in [-0.05, 0) is 25.8 Å². The summed E-state index contributed by atoms with van der Waals surface area (Å²) in [5.74, 6) is 2.48. The van der Waals surface area contributed by atoms with Gasteiger partial charge in [0, 0.05) is 18.7 Å². The van der Waals surface area contributed by atoms with Gasteiger partial charge in [0.15, 0.2) is 0 Å². The Morgan fingerprint density at radius 1 is 1.44 bits per heavy atom. The summed E-state index contributed by atoms with van der Waals surface area (Å²) < 4.78 is 5.35. The highest BCUT2D eigenvalue weighted by atomic mass is 32.2. The minimum Gasteiger partial charge on any atom is -0.416 e. The second-order valence-electron chi connectivity index (χ2n) is 4.34. The van der Waals surface area contributed by atoms with Crippen molar-refractivity contribution in [2.45, 2.75) is 43.9 Å². The van der Waals surface area contributed by atoms with Crippen molar-refractivity contribution in [3.8, 4) is 0 Å². The Labute approximate surface area is 101 Å². The average Bonchev–Trinajstić information content (AvgIpc) is 2.91. The predicted molar refractivity (Wildman–Crippen MR) is 64.6 cm³/mol. The van der Waals surface area contributed by atoms with Gasteiger partial charge in [0.05, 0.1) is 0 Å². The first kappa shape index (κ1) is 11.9. The molecule has 0 aromatic carbocycles. The molecule has 0 radical (unpaired) electrons. The van der Waals surface area contributed by atoms with Crippen molar-refractivity contribution in [3.63, 3.8) is 0 Å². The number of hydrogen-bond donors (Lipinski definition) is 1. The van der Waals surface area contributed by atoms with Crippen LogP contribution in [0.1, 0.15) is 31.6 Å². The molecule has 90 valence electrons. The van der Waals surface area contributed by atoms with E-state index in [2.05, 4.69) is 15.5 Å². The zero-order valence-electron chi connectivity index (χ0n) is 9.90. The molecule has 0 amide bonds. The van der Waals surface area contributed by atoms with Crippen LogP contribution in [0.4, 0.5) is 0 Å². The maximum Gasteiger partial charge on any atom is 0.276 e. The minimum atomic E-state index is 0.569. The summed E-state index contributed by atoms with van der Waals surface area (Å²) in [7, 11) is 2.04. The number of hydrogen-bond acceptors (Lipinski definition) is 5. The summed E-state index contributed by atoms with van der Waals surface area (Å²) in [6.07, 6.45) is 5.48. The predicted octanol–water partition coefficient (Wildman–Crippen LogP) is 2.25. The Morgan fingerprint density at radius 2 is 2.19 bits per heavy atom. The van der Waals surface area contributed by atoms with Crippen LogP contribution in [0.3, 0.4) is 0 Å². The maximum atomic E-state index is 5.35. The van der Waals surface area contributed by atoms with Gasteiger partial charge in [-0.15, -0.1) is 10.2 Å². The SMILES string of the molecule is CNC(CSc1nnc(C)o1)C1CCCC1. The highest BCUT2D eigenvalue weighted by Crippen LogP contribution is 2.30. The molecule has 1 atom stereocenters. The highest BCUT2D eigenvalue weighted by Gasteiger charge is 2.24. The van der Waals surface area contributed by atoms with Gasteiger partial charge >= 0.3 is 0 Å². The monoisotopic (exact) mass is 241 g/mol. The fraction of sp³-hybridized carbons (Fsp3) is 0.818. The fourth-order valence-corrected chi connectivity index (χ4v) is 3.35. The van der Waals surface area contributed by atoms with E-state index in [1.54, 1.807) is 11.8 Å². The first-order valence-corrected chi connectivity index (χ1v) is 6.88. The lowest BCUT2D eigenvalue weighted by Gasteiger charge is -2.21. The van der Waals surface area contributed by atoms with Crippen molar-refractivity contribution in [2.24, 2.45) is 5.92 Å². The van der Waals surface area contributed by atoms with Crippen molar-refractivity contribution >= 4 is 11.8 Å².